The van der Waals surface area contributed by atoms with Crippen molar-refractivity contribution in [2.75, 3.05) is 0 Å². The highest BCUT2D eigenvalue weighted by atomic mass is 15.3. The van der Waals surface area contributed by atoms with Crippen molar-refractivity contribution < 1.29 is 0 Å². The van der Waals surface area contributed by atoms with E-state index in [2.05, 4.69) is 57.6 Å². The zero-order chi connectivity index (χ0) is 14.2. The van der Waals surface area contributed by atoms with Gasteiger partial charge in [0.2, 0.25) is 0 Å². The summed E-state index contributed by atoms with van der Waals surface area (Å²) < 4.78 is 4.26. The molecule has 1 aliphatic rings. The maximum absolute atomic E-state index is 4.69. The van der Waals surface area contributed by atoms with Crippen LogP contribution in [0.15, 0.2) is 42.6 Å². The van der Waals surface area contributed by atoms with E-state index in [-0.39, 0.29) is 0 Å². The normalized spacial score (nSPS) is 14.9. The number of benzene rings is 1. The average molecular weight is 280 g/mol. The van der Waals surface area contributed by atoms with Crippen LogP contribution in [0.4, 0.5) is 0 Å². The van der Waals surface area contributed by atoms with Gasteiger partial charge in [-0.15, -0.1) is 0 Å². The molecule has 21 heavy (non-hydrogen) atoms. The standard InChI is InChI=1S/C17H20N4/c1-20-17-7-3-2-6-15(17)16(19-20)12-21-10-4-5-14(21)11-18-13-8-9-13/h2-7,10,13,18H,8-9,11-12H2,1H3. The van der Waals surface area contributed by atoms with Gasteiger partial charge in [-0.1, -0.05) is 18.2 Å². The van der Waals surface area contributed by atoms with Crippen LogP contribution in [0.25, 0.3) is 10.9 Å². The molecule has 2 heterocycles. The van der Waals surface area contributed by atoms with E-state index in [0.717, 1.165) is 24.8 Å². The van der Waals surface area contributed by atoms with Crippen LogP contribution in [0.2, 0.25) is 0 Å². The fourth-order valence-corrected chi connectivity index (χ4v) is 2.87. The maximum atomic E-state index is 4.69. The molecule has 4 nitrogen and oxygen atoms in total. The first kappa shape index (κ1) is 12.7. The Kier molecular flexibility index (Phi) is 3.04. The molecule has 0 saturated heterocycles. The van der Waals surface area contributed by atoms with Gasteiger partial charge in [-0.25, -0.2) is 0 Å². The number of fused-ring (bicyclic) bond motifs is 1. The summed E-state index contributed by atoms with van der Waals surface area (Å²) in [6.45, 7) is 1.78. The van der Waals surface area contributed by atoms with Gasteiger partial charge in [0.1, 0.15) is 0 Å². The molecule has 4 heteroatoms. The van der Waals surface area contributed by atoms with Gasteiger partial charge >= 0.3 is 0 Å². The predicted octanol–water partition coefficient (Wildman–Crippen LogP) is 2.68. The van der Waals surface area contributed by atoms with Gasteiger partial charge < -0.3 is 9.88 Å². The Hall–Kier alpha value is -2.07. The number of nitrogens with zero attached hydrogens (tertiary/aromatic N) is 3. The number of hydrogen-bond acceptors (Lipinski definition) is 2. The summed E-state index contributed by atoms with van der Waals surface area (Å²) in [6, 6.07) is 13.5. The quantitative estimate of drug-likeness (QED) is 0.780. The molecule has 0 atom stereocenters. The third kappa shape index (κ3) is 2.47. The second-order valence-corrected chi connectivity index (χ2v) is 5.87. The highest BCUT2D eigenvalue weighted by Gasteiger charge is 2.20. The Morgan fingerprint density at radius 2 is 2.05 bits per heavy atom. The minimum atomic E-state index is 0.740. The van der Waals surface area contributed by atoms with Gasteiger partial charge in [0, 0.05) is 36.9 Å². The lowest BCUT2D eigenvalue weighted by atomic mass is 10.2. The Bertz CT molecular complexity index is 764. The van der Waals surface area contributed by atoms with Crippen LogP contribution in [0, 0.1) is 0 Å². The van der Waals surface area contributed by atoms with Crippen molar-refractivity contribution in [3.8, 4) is 0 Å². The van der Waals surface area contributed by atoms with Crippen LogP contribution in [-0.4, -0.2) is 20.4 Å². The van der Waals surface area contributed by atoms with Crippen LogP contribution >= 0.6 is 0 Å². The lowest BCUT2D eigenvalue weighted by molar-refractivity contribution is 0.626. The summed E-state index contributed by atoms with van der Waals surface area (Å²) in [5.41, 5.74) is 3.66. The molecule has 1 N–H and O–H groups in total. The third-order valence-corrected chi connectivity index (χ3v) is 4.23. The Balaban J connectivity index is 1.61. The Morgan fingerprint density at radius 1 is 1.19 bits per heavy atom. The number of aryl methyl sites for hydroxylation is 1. The molecular weight excluding hydrogens is 260 g/mol. The first-order chi connectivity index (χ1) is 10.3. The summed E-state index contributed by atoms with van der Waals surface area (Å²) in [5.74, 6) is 0. The summed E-state index contributed by atoms with van der Waals surface area (Å²) in [4.78, 5) is 0. The fourth-order valence-electron chi connectivity index (χ4n) is 2.87. The van der Waals surface area contributed by atoms with Crippen molar-refractivity contribution in [3.05, 3.63) is 54.0 Å². The Labute approximate surface area is 124 Å². The monoisotopic (exact) mass is 280 g/mol. The topological polar surface area (TPSA) is 34.8 Å². The highest BCUT2D eigenvalue weighted by Crippen LogP contribution is 2.21. The largest absolute Gasteiger partial charge is 0.344 e. The van der Waals surface area contributed by atoms with E-state index in [0.29, 0.717) is 0 Å². The number of aromatic nitrogens is 3. The van der Waals surface area contributed by atoms with Gasteiger partial charge in [-0.3, -0.25) is 4.68 Å². The first-order valence-electron chi connectivity index (χ1n) is 7.59. The number of para-hydroxylation sites is 1. The summed E-state index contributed by atoms with van der Waals surface area (Å²) >= 11 is 0. The second kappa shape index (κ2) is 5.04. The van der Waals surface area contributed by atoms with E-state index in [9.17, 15) is 0 Å². The highest BCUT2D eigenvalue weighted by molar-refractivity contribution is 5.81. The average Bonchev–Trinajstić information content (AvgIpc) is 3.15. The number of hydrogen-bond donors (Lipinski definition) is 1. The van der Waals surface area contributed by atoms with Crippen LogP contribution in [0.3, 0.4) is 0 Å². The maximum Gasteiger partial charge on any atom is 0.0900 e. The van der Waals surface area contributed by atoms with E-state index in [1.807, 2.05) is 11.7 Å². The molecule has 1 fully saturated rings. The van der Waals surface area contributed by atoms with Crippen molar-refractivity contribution in [2.24, 2.45) is 7.05 Å². The van der Waals surface area contributed by atoms with Crippen molar-refractivity contribution in [1.82, 2.24) is 19.7 Å². The zero-order valence-corrected chi connectivity index (χ0v) is 12.3. The molecule has 1 aromatic carbocycles. The van der Waals surface area contributed by atoms with Gasteiger partial charge in [0.15, 0.2) is 0 Å². The molecule has 0 unspecified atom stereocenters. The number of nitrogens with one attached hydrogen (secondary N) is 1. The molecule has 0 bridgehead atoms. The lowest BCUT2D eigenvalue weighted by Crippen LogP contribution is -2.18. The van der Waals surface area contributed by atoms with Gasteiger partial charge in [-0.2, -0.15) is 5.10 Å². The second-order valence-electron chi connectivity index (χ2n) is 5.87. The summed E-state index contributed by atoms with van der Waals surface area (Å²) in [7, 11) is 2.01. The molecule has 3 aromatic rings. The third-order valence-electron chi connectivity index (χ3n) is 4.23. The molecule has 1 aliphatic carbocycles. The van der Waals surface area contributed by atoms with Crippen LogP contribution in [0.1, 0.15) is 24.2 Å². The molecule has 0 radical (unpaired) electrons. The number of rotatable bonds is 5. The zero-order valence-electron chi connectivity index (χ0n) is 12.3. The van der Waals surface area contributed by atoms with Gasteiger partial charge in [-0.05, 0) is 31.0 Å². The summed E-state index contributed by atoms with van der Waals surface area (Å²) in [5, 5.41) is 9.52. The minimum absolute atomic E-state index is 0.740. The Morgan fingerprint density at radius 3 is 2.90 bits per heavy atom. The molecule has 2 aromatic heterocycles. The smallest absolute Gasteiger partial charge is 0.0900 e. The van der Waals surface area contributed by atoms with E-state index in [4.69, 9.17) is 0 Å². The van der Waals surface area contributed by atoms with E-state index >= 15 is 0 Å². The van der Waals surface area contributed by atoms with Gasteiger partial charge in [0.25, 0.3) is 0 Å². The van der Waals surface area contributed by atoms with Crippen LogP contribution in [-0.2, 0) is 20.1 Å². The van der Waals surface area contributed by atoms with Crippen molar-refractivity contribution >= 4 is 10.9 Å². The first-order valence-corrected chi connectivity index (χ1v) is 7.59. The van der Waals surface area contributed by atoms with E-state index < -0.39 is 0 Å². The van der Waals surface area contributed by atoms with Crippen LogP contribution in [0.5, 0.6) is 0 Å². The molecule has 0 spiro atoms. The molecular formula is C17H20N4. The van der Waals surface area contributed by atoms with Crippen LogP contribution < -0.4 is 5.32 Å². The molecule has 108 valence electrons. The predicted molar refractivity (Wildman–Crippen MR) is 84.1 cm³/mol. The molecule has 4 rings (SSSR count). The van der Waals surface area contributed by atoms with Gasteiger partial charge in [0.05, 0.1) is 17.8 Å². The van der Waals surface area contributed by atoms with E-state index in [1.54, 1.807) is 0 Å². The van der Waals surface area contributed by atoms with Crippen molar-refractivity contribution in [1.29, 1.82) is 0 Å². The molecule has 0 amide bonds. The van der Waals surface area contributed by atoms with Crippen molar-refractivity contribution in [3.63, 3.8) is 0 Å². The minimum Gasteiger partial charge on any atom is -0.344 e. The fraction of sp³-hybridized carbons (Fsp3) is 0.353. The summed E-state index contributed by atoms with van der Waals surface area (Å²) in [6.07, 6.45) is 4.80. The molecule has 0 aliphatic heterocycles. The van der Waals surface area contributed by atoms with Crippen molar-refractivity contribution in [2.45, 2.75) is 32.0 Å². The molecule has 1 saturated carbocycles. The van der Waals surface area contributed by atoms with E-state index in [1.165, 1.54) is 29.4 Å². The lowest BCUT2D eigenvalue weighted by Gasteiger charge is -2.09. The SMILES string of the molecule is Cn1nc(Cn2cccc2CNC2CC2)c2ccccc21.